The van der Waals surface area contributed by atoms with Gasteiger partial charge in [-0.1, -0.05) is 6.07 Å². The highest BCUT2D eigenvalue weighted by atomic mass is 32.1. The number of fused-ring (bicyclic) bond motifs is 2. The van der Waals surface area contributed by atoms with Crippen LogP contribution in [0, 0.1) is 0 Å². The second-order valence-electron chi connectivity index (χ2n) is 6.92. The Hall–Kier alpha value is -2.15. The third-order valence-corrected chi connectivity index (χ3v) is 7.35. The van der Waals surface area contributed by atoms with Crippen LogP contribution in [-0.4, -0.2) is 32.9 Å². The summed E-state index contributed by atoms with van der Waals surface area (Å²) in [5, 5.41) is 1.10. The van der Waals surface area contributed by atoms with Gasteiger partial charge >= 0.3 is 0 Å². The Morgan fingerprint density at radius 1 is 1.15 bits per heavy atom. The molecule has 0 saturated heterocycles. The molecule has 0 aliphatic carbocycles. The van der Waals surface area contributed by atoms with Crippen molar-refractivity contribution in [2.75, 3.05) is 13.1 Å². The third-order valence-electron chi connectivity index (χ3n) is 5.33. The molecule has 0 saturated carbocycles. The van der Waals surface area contributed by atoms with Gasteiger partial charge in [-0.25, -0.2) is 9.97 Å². The van der Waals surface area contributed by atoms with Gasteiger partial charge in [0, 0.05) is 48.4 Å². The Kier molecular flexibility index (Phi) is 4.47. The first-order valence-corrected chi connectivity index (χ1v) is 10.9. The van der Waals surface area contributed by atoms with Crippen molar-refractivity contribution in [2.45, 2.75) is 25.8 Å². The Bertz CT molecular complexity index is 1040. The molecule has 27 heavy (non-hydrogen) atoms. The fourth-order valence-electron chi connectivity index (χ4n) is 3.73. The molecule has 136 valence electrons. The van der Waals surface area contributed by atoms with E-state index in [1.165, 1.54) is 20.8 Å². The molecule has 5 rings (SSSR count). The molecule has 0 spiro atoms. The summed E-state index contributed by atoms with van der Waals surface area (Å²) in [6.45, 7) is 4.42. The van der Waals surface area contributed by atoms with Gasteiger partial charge in [0.25, 0.3) is 0 Å². The lowest BCUT2D eigenvalue weighted by Crippen LogP contribution is -2.29. The fraction of sp³-hybridized carbons (Fsp3) is 0.286. The van der Waals surface area contributed by atoms with Gasteiger partial charge in [0.1, 0.15) is 5.01 Å². The van der Waals surface area contributed by atoms with E-state index in [0.717, 1.165) is 42.0 Å². The van der Waals surface area contributed by atoms with Crippen LogP contribution in [0.1, 0.15) is 29.1 Å². The topological polar surface area (TPSA) is 41.9 Å². The van der Waals surface area contributed by atoms with Crippen molar-refractivity contribution in [3.05, 3.63) is 64.4 Å². The largest absolute Gasteiger partial charge is 0.296 e. The minimum absolute atomic E-state index is 0.392. The predicted octanol–water partition coefficient (Wildman–Crippen LogP) is 4.98. The van der Waals surface area contributed by atoms with Gasteiger partial charge in [-0.05, 0) is 43.2 Å². The van der Waals surface area contributed by atoms with Crippen LogP contribution in [0.3, 0.4) is 0 Å². The van der Waals surface area contributed by atoms with Crippen LogP contribution in [-0.2, 0) is 12.8 Å². The van der Waals surface area contributed by atoms with Gasteiger partial charge in [-0.3, -0.25) is 9.88 Å². The van der Waals surface area contributed by atoms with E-state index in [2.05, 4.69) is 46.1 Å². The lowest BCUT2D eigenvalue weighted by molar-refractivity contribution is 0.221. The summed E-state index contributed by atoms with van der Waals surface area (Å²) in [7, 11) is 0. The Balaban J connectivity index is 1.34. The minimum atomic E-state index is 0.392. The molecule has 6 heteroatoms. The molecule has 4 nitrogen and oxygen atoms in total. The number of hydrogen-bond donors (Lipinski definition) is 0. The first kappa shape index (κ1) is 17.0. The maximum Gasteiger partial charge on any atom is 0.125 e. The van der Waals surface area contributed by atoms with E-state index in [1.54, 1.807) is 11.3 Å². The maximum atomic E-state index is 4.92. The zero-order valence-electron chi connectivity index (χ0n) is 15.1. The van der Waals surface area contributed by atoms with E-state index in [0.29, 0.717) is 6.04 Å². The maximum absolute atomic E-state index is 4.92. The molecule has 1 aliphatic heterocycles. The van der Waals surface area contributed by atoms with Crippen LogP contribution in [0.25, 0.3) is 20.8 Å². The number of rotatable bonds is 3. The summed E-state index contributed by atoms with van der Waals surface area (Å²) in [6.07, 6.45) is 5.79. The van der Waals surface area contributed by atoms with Gasteiger partial charge in [0.05, 0.1) is 21.4 Å². The van der Waals surface area contributed by atoms with Crippen LogP contribution in [0.5, 0.6) is 0 Å². The first-order chi connectivity index (χ1) is 13.3. The lowest BCUT2D eigenvalue weighted by Gasteiger charge is -2.27. The molecule has 3 aromatic heterocycles. The number of nitrogens with zero attached hydrogens (tertiary/aromatic N) is 4. The number of benzene rings is 1. The summed E-state index contributed by atoms with van der Waals surface area (Å²) in [4.78, 5) is 17.6. The molecular formula is C21H20N4S2. The molecule has 1 atom stereocenters. The first-order valence-electron chi connectivity index (χ1n) is 9.24. The summed E-state index contributed by atoms with van der Waals surface area (Å²) >= 11 is 3.53. The molecule has 1 aliphatic rings. The van der Waals surface area contributed by atoms with E-state index in [9.17, 15) is 0 Å². The van der Waals surface area contributed by atoms with Crippen LogP contribution in [0.2, 0.25) is 0 Å². The van der Waals surface area contributed by atoms with E-state index >= 15 is 0 Å². The van der Waals surface area contributed by atoms with Crippen LogP contribution < -0.4 is 0 Å². The average Bonchev–Trinajstić information content (AvgIpc) is 3.30. The molecule has 4 aromatic rings. The molecule has 0 radical (unpaired) electrons. The molecule has 1 unspecified atom stereocenters. The molecule has 0 amide bonds. The number of thiazole rings is 2. The van der Waals surface area contributed by atoms with Crippen LogP contribution in [0.4, 0.5) is 0 Å². The monoisotopic (exact) mass is 392 g/mol. The second kappa shape index (κ2) is 7.11. The molecular weight excluding hydrogens is 372 g/mol. The van der Waals surface area contributed by atoms with Crippen LogP contribution >= 0.6 is 22.7 Å². The standard InChI is InChI=1S/C21H20N4S2/c1-14(15-4-5-19-18(11-15)23-13-26-19)25-9-6-17-20(7-10-25)27-21(24-17)16-3-2-8-22-12-16/h2-5,8,11-14H,6-7,9-10H2,1H3. The number of aromatic nitrogens is 3. The molecule has 0 N–H and O–H groups in total. The fourth-order valence-corrected chi connectivity index (χ4v) is 5.47. The van der Waals surface area contributed by atoms with Gasteiger partial charge in [-0.15, -0.1) is 22.7 Å². The quantitative estimate of drug-likeness (QED) is 0.493. The predicted molar refractivity (Wildman–Crippen MR) is 112 cm³/mol. The highest BCUT2D eigenvalue weighted by molar-refractivity contribution is 7.16. The second-order valence-corrected chi connectivity index (χ2v) is 8.89. The van der Waals surface area contributed by atoms with Crippen molar-refractivity contribution in [2.24, 2.45) is 0 Å². The number of pyridine rings is 1. The van der Waals surface area contributed by atoms with Crippen molar-refractivity contribution < 1.29 is 0 Å². The average molecular weight is 393 g/mol. The van der Waals surface area contributed by atoms with E-state index in [1.807, 2.05) is 35.3 Å². The van der Waals surface area contributed by atoms with Crippen molar-refractivity contribution in [3.63, 3.8) is 0 Å². The normalized spacial score (nSPS) is 16.2. The third kappa shape index (κ3) is 3.29. The Morgan fingerprint density at radius 2 is 2.07 bits per heavy atom. The van der Waals surface area contributed by atoms with Crippen LogP contribution in [0.15, 0.2) is 48.2 Å². The highest BCUT2D eigenvalue weighted by Crippen LogP contribution is 2.32. The van der Waals surface area contributed by atoms with Crippen molar-refractivity contribution in [3.8, 4) is 10.6 Å². The van der Waals surface area contributed by atoms with Crippen molar-refractivity contribution >= 4 is 32.9 Å². The number of hydrogen-bond acceptors (Lipinski definition) is 6. The van der Waals surface area contributed by atoms with Gasteiger partial charge < -0.3 is 0 Å². The molecule has 0 fully saturated rings. The molecule has 0 bridgehead atoms. The van der Waals surface area contributed by atoms with Gasteiger partial charge in [0.15, 0.2) is 0 Å². The van der Waals surface area contributed by atoms with E-state index in [-0.39, 0.29) is 0 Å². The summed E-state index contributed by atoms with van der Waals surface area (Å²) in [5.74, 6) is 0. The minimum Gasteiger partial charge on any atom is -0.296 e. The molecule has 4 heterocycles. The van der Waals surface area contributed by atoms with Gasteiger partial charge in [0.2, 0.25) is 0 Å². The smallest absolute Gasteiger partial charge is 0.125 e. The van der Waals surface area contributed by atoms with Crippen molar-refractivity contribution in [1.82, 2.24) is 19.9 Å². The Morgan fingerprint density at radius 3 is 2.96 bits per heavy atom. The summed E-state index contributed by atoms with van der Waals surface area (Å²) in [5.41, 5.74) is 6.78. The Labute approximate surface area is 166 Å². The molecule has 1 aromatic carbocycles. The SMILES string of the molecule is CC(c1ccc2scnc2c1)N1CCc2nc(-c3cccnc3)sc2CC1. The zero-order chi connectivity index (χ0) is 18.2. The lowest BCUT2D eigenvalue weighted by atomic mass is 10.1. The van der Waals surface area contributed by atoms with E-state index < -0.39 is 0 Å². The summed E-state index contributed by atoms with van der Waals surface area (Å²) < 4.78 is 1.26. The summed E-state index contributed by atoms with van der Waals surface area (Å²) in [6, 6.07) is 11.2. The van der Waals surface area contributed by atoms with Gasteiger partial charge in [-0.2, -0.15) is 0 Å². The van der Waals surface area contributed by atoms with Crippen molar-refractivity contribution in [1.29, 1.82) is 0 Å². The zero-order valence-corrected chi connectivity index (χ0v) is 16.8. The highest BCUT2D eigenvalue weighted by Gasteiger charge is 2.23. The van der Waals surface area contributed by atoms with E-state index in [4.69, 9.17) is 4.98 Å².